The zero-order chi connectivity index (χ0) is 22.0. The number of amides is 1. The highest BCUT2D eigenvalue weighted by Gasteiger charge is 2.21. The van der Waals surface area contributed by atoms with Crippen LogP contribution in [0.5, 0.6) is 5.75 Å². The van der Waals surface area contributed by atoms with E-state index >= 15 is 0 Å². The summed E-state index contributed by atoms with van der Waals surface area (Å²) >= 11 is 1.56. The molecular formula is C24H25N3O3S. The lowest BCUT2D eigenvalue weighted by atomic mass is 10.2. The van der Waals surface area contributed by atoms with E-state index in [2.05, 4.69) is 17.3 Å². The quantitative estimate of drug-likeness (QED) is 0.461. The maximum Gasteiger partial charge on any atom is 0.276 e. The Bertz CT molecular complexity index is 1290. The van der Waals surface area contributed by atoms with E-state index in [9.17, 15) is 9.59 Å². The van der Waals surface area contributed by atoms with Gasteiger partial charge in [0.1, 0.15) is 11.8 Å². The number of ether oxygens (including phenoxy) is 1. The van der Waals surface area contributed by atoms with E-state index in [-0.39, 0.29) is 11.5 Å². The first-order chi connectivity index (χ1) is 15.0. The molecule has 0 unspecified atom stereocenters. The Labute approximate surface area is 184 Å². The van der Waals surface area contributed by atoms with Gasteiger partial charge in [-0.2, -0.15) is 5.10 Å². The lowest BCUT2D eigenvalue weighted by molar-refractivity contribution is -0.124. The van der Waals surface area contributed by atoms with Crippen molar-refractivity contribution in [2.45, 2.75) is 39.8 Å². The van der Waals surface area contributed by atoms with Gasteiger partial charge in [0.25, 0.3) is 5.56 Å². The largest absolute Gasteiger partial charge is 0.494 e. The van der Waals surface area contributed by atoms with Crippen molar-refractivity contribution in [3.8, 4) is 5.75 Å². The van der Waals surface area contributed by atoms with Gasteiger partial charge < -0.3 is 10.1 Å². The molecule has 0 aliphatic heterocycles. The number of fused-ring (bicyclic) bond motifs is 3. The highest BCUT2D eigenvalue weighted by atomic mass is 32.1. The first-order valence-corrected chi connectivity index (χ1v) is 11.2. The number of carbonyl (C=O) groups excluding carboxylic acids is 1. The predicted molar refractivity (Wildman–Crippen MR) is 125 cm³/mol. The number of nitrogens with one attached hydrogen (secondary N) is 1. The fourth-order valence-corrected chi connectivity index (χ4v) is 4.65. The van der Waals surface area contributed by atoms with Crippen molar-refractivity contribution in [1.82, 2.24) is 15.1 Å². The minimum absolute atomic E-state index is 0.238. The average Bonchev–Trinajstić information content (AvgIpc) is 3.19. The summed E-state index contributed by atoms with van der Waals surface area (Å²) in [6.07, 6.45) is 0.954. The van der Waals surface area contributed by atoms with Crippen LogP contribution >= 0.6 is 11.3 Å². The van der Waals surface area contributed by atoms with Gasteiger partial charge in [0, 0.05) is 16.6 Å². The number of aromatic nitrogens is 2. The normalized spacial score (nSPS) is 12.2. The average molecular weight is 436 g/mol. The van der Waals surface area contributed by atoms with Crippen LogP contribution in [0.25, 0.3) is 20.2 Å². The molecule has 0 spiro atoms. The predicted octanol–water partition coefficient (Wildman–Crippen LogP) is 4.59. The van der Waals surface area contributed by atoms with Gasteiger partial charge in [0.15, 0.2) is 0 Å². The number of hydrogen-bond donors (Lipinski definition) is 1. The molecule has 7 heteroatoms. The molecule has 160 valence electrons. The van der Waals surface area contributed by atoms with E-state index < -0.39 is 6.04 Å². The minimum Gasteiger partial charge on any atom is -0.494 e. The molecule has 4 aromatic rings. The van der Waals surface area contributed by atoms with Gasteiger partial charge in [-0.25, -0.2) is 4.68 Å². The van der Waals surface area contributed by atoms with Crippen molar-refractivity contribution >= 4 is 37.4 Å². The van der Waals surface area contributed by atoms with E-state index in [1.165, 1.54) is 4.68 Å². The molecule has 31 heavy (non-hydrogen) atoms. The van der Waals surface area contributed by atoms with Crippen LogP contribution in [0.3, 0.4) is 0 Å². The molecule has 0 radical (unpaired) electrons. The van der Waals surface area contributed by atoms with E-state index in [1.807, 2.05) is 55.5 Å². The van der Waals surface area contributed by atoms with Crippen LogP contribution in [-0.4, -0.2) is 22.3 Å². The Morgan fingerprint density at radius 2 is 1.94 bits per heavy atom. The second kappa shape index (κ2) is 8.89. The monoisotopic (exact) mass is 435 g/mol. The standard InChI is InChI=1S/C24H25N3O3S/c1-4-13-30-18-11-9-17(10-12-18)14-25-23(28)16(3)27-24(29)21-19-7-5-6-8-20(19)31-22(21)15(2)26-27/h5-12,16H,4,13-14H2,1-3H3,(H,25,28)/t16-/m0/s1. The Balaban J connectivity index is 1.54. The van der Waals surface area contributed by atoms with Gasteiger partial charge in [-0.3, -0.25) is 9.59 Å². The summed E-state index contributed by atoms with van der Waals surface area (Å²) in [5.74, 6) is 0.562. The van der Waals surface area contributed by atoms with Gasteiger partial charge in [-0.1, -0.05) is 37.3 Å². The van der Waals surface area contributed by atoms with Crippen LogP contribution in [0.1, 0.15) is 37.6 Å². The lowest BCUT2D eigenvalue weighted by Gasteiger charge is -2.15. The smallest absolute Gasteiger partial charge is 0.276 e. The molecule has 1 atom stereocenters. The van der Waals surface area contributed by atoms with Crippen molar-refractivity contribution in [3.63, 3.8) is 0 Å². The summed E-state index contributed by atoms with van der Waals surface area (Å²) in [5, 5.41) is 8.90. The van der Waals surface area contributed by atoms with Crippen LogP contribution in [0.15, 0.2) is 53.3 Å². The second-order valence-electron chi connectivity index (χ2n) is 7.52. The van der Waals surface area contributed by atoms with Crippen LogP contribution in [-0.2, 0) is 11.3 Å². The van der Waals surface area contributed by atoms with Gasteiger partial charge in [-0.15, -0.1) is 11.3 Å². The maximum atomic E-state index is 13.2. The molecule has 0 saturated heterocycles. The van der Waals surface area contributed by atoms with Crippen LogP contribution < -0.4 is 15.6 Å². The highest BCUT2D eigenvalue weighted by Crippen LogP contribution is 2.32. The maximum absolute atomic E-state index is 13.2. The fourth-order valence-electron chi connectivity index (χ4n) is 3.51. The number of aryl methyl sites for hydroxylation is 1. The molecule has 2 aromatic carbocycles. The Hall–Kier alpha value is -3.19. The number of nitrogens with zero attached hydrogens (tertiary/aromatic N) is 2. The van der Waals surface area contributed by atoms with Gasteiger partial charge in [-0.05, 0) is 44.0 Å². The topological polar surface area (TPSA) is 73.2 Å². The molecule has 1 amide bonds. The third-order valence-electron chi connectivity index (χ3n) is 5.21. The molecule has 6 nitrogen and oxygen atoms in total. The third-order valence-corrected chi connectivity index (χ3v) is 6.49. The van der Waals surface area contributed by atoms with E-state index in [4.69, 9.17) is 4.74 Å². The molecule has 2 heterocycles. The SMILES string of the molecule is CCCOc1ccc(CNC(=O)[C@H](C)n2nc(C)c3sc4ccccc4c3c2=O)cc1. The van der Waals surface area contributed by atoms with E-state index in [1.54, 1.807) is 18.3 Å². The molecule has 0 bridgehead atoms. The van der Waals surface area contributed by atoms with Crippen molar-refractivity contribution in [2.24, 2.45) is 0 Å². The fraction of sp³-hybridized carbons (Fsp3) is 0.292. The first kappa shape index (κ1) is 21.1. The Morgan fingerprint density at radius 3 is 2.68 bits per heavy atom. The van der Waals surface area contributed by atoms with Gasteiger partial charge in [0.05, 0.1) is 22.4 Å². The molecule has 4 rings (SSSR count). The Morgan fingerprint density at radius 1 is 1.19 bits per heavy atom. The zero-order valence-corrected chi connectivity index (χ0v) is 18.7. The number of hydrogen-bond acceptors (Lipinski definition) is 5. The van der Waals surface area contributed by atoms with Gasteiger partial charge >= 0.3 is 0 Å². The molecule has 0 aliphatic carbocycles. The number of benzene rings is 2. The van der Waals surface area contributed by atoms with E-state index in [0.717, 1.165) is 38.2 Å². The molecule has 0 aliphatic rings. The van der Waals surface area contributed by atoms with Crippen molar-refractivity contribution in [2.75, 3.05) is 6.61 Å². The summed E-state index contributed by atoms with van der Waals surface area (Å²) in [5.41, 5.74) is 1.47. The minimum atomic E-state index is -0.721. The van der Waals surface area contributed by atoms with E-state index in [0.29, 0.717) is 18.5 Å². The lowest BCUT2D eigenvalue weighted by Crippen LogP contribution is -2.37. The summed E-state index contributed by atoms with van der Waals surface area (Å²) in [4.78, 5) is 26.0. The number of thiophene rings is 1. The second-order valence-corrected chi connectivity index (χ2v) is 8.58. The van der Waals surface area contributed by atoms with Crippen LogP contribution in [0, 0.1) is 6.92 Å². The summed E-state index contributed by atoms with van der Waals surface area (Å²) in [6, 6.07) is 14.7. The van der Waals surface area contributed by atoms with Crippen LogP contribution in [0.4, 0.5) is 0 Å². The zero-order valence-electron chi connectivity index (χ0n) is 17.8. The Kier molecular flexibility index (Phi) is 6.04. The summed E-state index contributed by atoms with van der Waals surface area (Å²) in [7, 11) is 0. The first-order valence-electron chi connectivity index (χ1n) is 10.4. The molecule has 1 N–H and O–H groups in total. The van der Waals surface area contributed by atoms with Crippen molar-refractivity contribution in [1.29, 1.82) is 0 Å². The summed E-state index contributed by atoms with van der Waals surface area (Å²) < 4.78 is 8.80. The van der Waals surface area contributed by atoms with Crippen molar-refractivity contribution < 1.29 is 9.53 Å². The molecule has 0 saturated carbocycles. The van der Waals surface area contributed by atoms with Crippen molar-refractivity contribution in [3.05, 3.63) is 70.1 Å². The summed E-state index contributed by atoms with van der Waals surface area (Å²) in [6.45, 7) is 6.68. The molecule has 0 fully saturated rings. The molecular weight excluding hydrogens is 410 g/mol. The molecule has 2 aromatic heterocycles. The highest BCUT2D eigenvalue weighted by molar-refractivity contribution is 7.26. The van der Waals surface area contributed by atoms with Crippen LogP contribution in [0.2, 0.25) is 0 Å². The number of rotatable bonds is 7. The van der Waals surface area contributed by atoms with Gasteiger partial charge in [0.2, 0.25) is 5.91 Å². The third kappa shape index (κ3) is 4.18. The number of carbonyl (C=O) groups is 1.